The maximum atomic E-state index is 4.40. The van der Waals surface area contributed by atoms with E-state index in [1.165, 1.54) is 11.1 Å². The molecule has 0 spiro atoms. The Hall–Kier alpha value is -1.35. The molecule has 0 saturated heterocycles. The smallest absolute Gasteiger partial charge is 0.0955 e. The Labute approximate surface area is 103 Å². The summed E-state index contributed by atoms with van der Waals surface area (Å²) in [5.41, 5.74) is 3.92. The number of imidazole rings is 1. The van der Waals surface area contributed by atoms with E-state index in [-0.39, 0.29) is 5.41 Å². The van der Waals surface area contributed by atoms with Crippen LogP contribution < -0.4 is 5.32 Å². The number of nitrogens with zero attached hydrogens (tertiary/aromatic N) is 2. The fourth-order valence-corrected chi connectivity index (χ4v) is 2.39. The molecule has 0 radical (unpaired) electrons. The fraction of sp³-hybridized carbons (Fsp3) is 0.500. The van der Waals surface area contributed by atoms with Crippen molar-refractivity contribution in [1.82, 2.24) is 14.9 Å². The highest BCUT2D eigenvalue weighted by molar-refractivity contribution is 5.75. The number of rotatable bonds is 4. The Kier molecular flexibility index (Phi) is 3.20. The first kappa shape index (κ1) is 12.1. The molecule has 3 nitrogen and oxygen atoms in total. The van der Waals surface area contributed by atoms with Crippen LogP contribution in [-0.2, 0) is 13.5 Å². The van der Waals surface area contributed by atoms with Crippen molar-refractivity contribution in [2.24, 2.45) is 12.5 Å². The van der Waals surface area contributed by atoms with Crippen LogP contribution in [0.2, 0.25) is 0 Å². The molecule has 1 N–H and O–H groups in total. The van der Waals surface area contributed by atoms with Crippen molar-refractivity contribution in [2.45, 2.75) is 20.3 Å². The first-order chi connectivity index (χ1) is 8.02. The van der Waals surface area contributed by atoms with E-state index in [0.29, 0.717) is 0 Å². The molecular weight excluding hydrogens is 210 g/mol. The molecule has 92 valence electrons. The number of hydrogen-bond acceptors (Lipinski definition) is 2. The van der Waals surface area contributed by atoms with Gasteiger partial charge in [0.15, 0.2) is 0 Å². The lowest BCUT2D eigenvalue weighted by Crippen LogP contribution is -2.28. The predicted molar refractivity (Wildman–Crippen MR) is 72.1 cm³/mol. The Balaban J connectivity index is 2.25. The van der Waals surface area contributed by atoms with E-state index >= 15 is 0 Å². The number of aromatic nitrogens is 2. The lowest BCUT2D eigenvalue weighted by molar-refractivity contribution is 0.350. The van der Waals surface area contributed by atoms with E-state index in [1.54, 1.807) is 0 Å². The third-order valence-electron chi connectivity index (χ3n) is 3.13. The summed E-state index contributed by atoms with van der Waals surface area (Å²) in [7, 11) is 4.03. The van der Waals surface area contributed by atoms with Gasteiger partial charge in [0.1, 0.15) is 0 Å². The minimum atomic E-state index is 0.275. The molecule has 0 bridgehead atoms. The highest BCUT2D eigenvalue weighted by Gasteiger charge is 2.17. The highest BCUT2D eigenvalue weighted by atomic mass is 15.0. The van der Waals surface area contributed by atoms with Crippen molar-refractivity contribution in [3.8, 4) is 0 Å². The summed E-state index contributed by atoms with van der Waals surface area (Å²) in [4.78, 5) is 4.40. The first-order valence-corrected chi connectivity index (χ1v) is 6.06. The molecule has 0 unspecified atom stereocenters. The molecule has 0 aliphatic heterocycles. The summed E-state index contributed by atoms with van der Waals surface area (Å²) in [5.74, 6) is 0. The van der Waals surface area contributed by atoms with Crippen LogP contribution in [0.25, 0.3) is 11.0 Å². The fourth-order valence-electron chi connectivity index (χ4n) is 2.39. The van der Waals surface area contributed by atoms with Gasteiger partial charge in [-0.05, 0) is 36.6 Å². The monoisotopic (exact) mass is 231 g/mol. The van der Waals surface area contributed by atoms with Gasteiger partial charge in [-0.1, -0.05) is 19.9 Å². The lowest BCUT2D eigenvalue weighted by atomic mass is 9.85. The second kappa shape index (κ2) is 4.49. The molecule has 17 heavy (non-hydrogen) atoms. The Morgan fingerprint density at radius 1 is 1.35 bits per heavy atom. The minimum absolute atomic E-state index is 0.275. The second-order valence-electron chi connectivity index (χ2n) is 5.55. The van der Waals surface area contributed by atoms with Crippen molar-refractivity contribution in [3.63, 3.8) is 0 Å². The van der Waals surface area contributed by atoms with Gasteiger partial charge in [-0.2, -0.15) is 0 Å². The number of nitrogens with one attached hydrogen (secondary N) is 1. The molecule has 3 heteroatoms. The maximum Gasteiger partial charge on any atom is 0.0955 e. The van der Waals surface area contributed by atoms with E-state index in [9.17, 15) is 0 Å². The quantitative estimate of drug-likeness (QED) is 0.875. The van der Waals surface area contributed by atoms with E-state index < -0.39 is 0 Å². The van der Waals surface area contributed by atoms with Crippen LogP contribution in [0.3, 0.4) is 0 Å². The molecule has 2 rings (SSSR count). The normalized spacial score (nSPS) is 12.2. The first-order valence-electron chi connectivity index (χ1n) is 6.06. The average molecular weight is 231 g/mol. The molecular formula is C14H21N3. The van der Waals surface area contributed by atoms with Crippen LogP contribution in [0.5, 0.6) is 0 Å². The van der Waals surface area contributed by atoms with Crippen molar-refractivity contribution < 1.29 is 0 Å². The van der Waals surface area contributed by atoms with Crippen LogP contribution in [0.1, 0.15) is 19.4 Å². The molecule has 0 aliphatic rings. The Morgan fingerprint density at radius 2 is 2.12 bits per heavy atom. The molecule has 0 atom stereocenters. The molecule has 0 fully saturated rings. The van der Waals surface area contributed by atoms with Crippen LogP contribution in [0.15, 0.2) is 24.5 Å². The molecule has 1 aromatic carbocycles. The van der Waals surface area contributed by atoms with Gasteiger partial charge in [0.2, 0.25) is 0 Å². The van der Waals surface area contributed by atoms with E-state index in [0.717, 1.165) is 18.5 Å². The predicted octanol–water partition coefficient (Wildman–Crippen LogP) is 2.36. The van der Waals surface area contributed by atoms with Gasteiger partial charge >= 0.3 is 0 Å². The number of hydrogen-bond donors (Lipinski definition) is 1. The third kappa shape index (κ3) is 2.67. The van der Waals surface area contributed by atoms with Crippen molar-refractivity contribution in [3.05, 3.63) is 30.1 Å². The summed E-state index contributed by atoms with van der Waals surface area (Å²) < 4.78 is 2.05. The summed E-state index contributed by atoms with van der Waals surface area (Å²) in [6.45, 7) is 5.59. The largest absolute Gasteiger partial charge is 0.334 e. The lowest BCUT2D eigenvalue weighted by Gasteiger charge is -2.24. The van der Waals surface area contributed by atoms with E-state index in [2.05, 4.69) is 46.9 Å². The summed E-state index contributed by atoms with van der Waals surface area (Å²) in [6.07, 6.45) is 2.94. The summed E-state index contributed by atoms with van der Waals surface area (Å²) in [5, 5.41) is 3.25. The number of fused-ring (bicyclic) bond motifs is 1. The zero-order valence-electron chi connectivity index (χ0n) is 11.1. The van der Waals surface area contributed by atoms with Crippen LogP contribution in [-0.4, -0.2) is 23.1 Å². The summed E-state index contributed by atoms with van der Waals surface area (Å²) in [6, 6.07) is 6.57. The average Bonchev–Trinajstić information content (AvgIpc) is 2.59. The van der Waals surface area contributed by atoms with Gasteiger partial charge in [0.25, 0.3) is 0 Å². The molecule has 2 aromatic rings. The SMILES string of the molecule is CNCC(C)(C)Cc1ccc2c(c1)ncn2C. The second-order valence-corrected chi connectivity index (χ2v) is 5.55. The van der Waals surface area contributed by atoms with Gasteiger partial charge in [0, 0.05) is 13.6 Å². The number of aryl methyl sites for hydroxylation is 1. The van der Waals surface area contributed by atoms with E-state index in [4.69, 9.17) is 0 Å². The topological polar surface area (TPSA) is 29.9 Å². The van der Waals surface area contributed by atoms with Crippen molar-refractivity contribution in [1.29, 1.82) is 0 Å². The van der Waals surface area contributed by atoms with Crippen LogP contribution >= 0.6 is 0 Å². The van der Waals surface area contributed by atoms with Gasteiger partial charge in [0.05, 0.1) is 17.4 Å². The van der Waals surface area contributed by atoms with Gasteiger partial charge in [-0.15, -0.1) is 0 Å². The van der Waals surface area contributed by atoms with Crippen LogP contribution in [0, 0.1) is 5.41 Å². The van der Waals surface area contributed by atoms with Gasteiger partial charge in [-0.25, -0.2) is 4.98 Å². The van der Waals surface area contributed by atoms with Crippen LogP contribution in [0.4, 0.5) is 0 Å². The molecule has 0 saturated carbocycles. The minimum Gasteiger partial charge on any atom is -0.334 e. The van der Waals surface area contributed by atoms with E-state index in [1.807, 2.05) is 20.4 Å². The summed E-state index contributed by atoms with van der Waals surface area (Å²) >= 11 is 0. The van der Waals surface area contributed by atoms with Crippen molar-refractivity contribution in [2.75, 3.05) is 13.6 Å². The zero-order chi connectivity index (χ0) is 12.5. The molecule has 0 aliphatic carbocycles. The highest BCUT2D eigenvalue weighted by Crippen LogP contribution is 2.23. The number of benzene rings is 1. The standard InChI is InChI=1S/C14H21N3/c1-14(2,9-15-3)8-11-5-6-13-12(7-11)16-10-17(13)4/h5-7,10,15H,8-9H2,1-4H3. The molecule has 1 heterocycles. The molecule has 1 aromatic heterocycles. The Bertz CT molecular complexity index is 511. The Morgan fingerprint density at radius 3 is 2.82 bits per heavy atom. The van der Waals surface area contributed by atoms with Gasteiger partial charge < -0.3 is 9.88 Å². The zero-order valence-corrected chi connectivity index (χ0v) is 11.1. The maximum absolute atomic E-state index is 4.40. The molecule has 0 amide bonds. The van der Waals surface area contributed by atoms with Gasteiger partial charge in [-0.3, -0.25) is 0 Å². The van der Waals surface area contributed by atoms with Crippen molar-refractivity contribution >= 4 is 11.0 Å². The third-order valence-corrected chi connectivity index (χ3v) is 3.13.